The van der Waals surface area contributed by atoms with Crippen molar-refractivity contribution < 1.29 is 14.3 Å². The monoisotopic (exact) mass is 389 g/mol. The van der Waals surface area contributed by atoms with E-state index in [4.69, 9.17) is 9.47 Å². The SMILES string of the molecule is Cc1cc(C)c(Nc2ccnc(C(=O)Nc3ccc4c(c3)OCCO4)c2)c(C)c1. The molecular formula is C23H23N3O3. The number of hydrogen-bond donors (Lipinski definition) is 2. The highest BCUT2D eigenvalue weighted by Crippen LogP contribution is 2.33. The van der Waals surface area contributed by atoms with Crippen molar-refractivity contribution in [2.45, 2.75) is 20.8 Å². The Kier molecular flexibility index (Phi) is 5.08. The molecule has 0 saturated carbocycles. The number of nitrogens with one attached hydrogen (secondary N) is 2. The summed E-state index contributed by atoms with van der Waals surface area (Å²) in [6, 6.07) is 13.2. The minimum atomic E-state index is -0.289. The molecule has 3 aromatic rings. The Bertz CT molecular complexity index is 1060. The summed E-state index contributed by atoms with van der Waals surface area (Å²) in [4.78, 5) is 16.9. The van der Waals surface area contributed by atoms with Gasteiger partial charge in [0.1, 0.15) is 18.9 Å². The summed E-state index contributed by atoms with van der Waals surface area (Å²) in [5, 5.41) is 6.28. The van der Waals surface area contributed by atoms with E-state index in [-0.39, 0.29) is 5.91 Å². The lowest BCUT2D eigenvalue weighted by Gasteiger charge is -2.19. The fraction of sp³-hybridized carbons (Fsp3) is 0.217. The molecule has 2 heterocycles. The van der Waals surface area contributed by atoms with Gasteiger partial charge in [0, 0.05) is 29.3 Å². The Morgan fingerprint density at radius 2 is 1.62 bits per heavy atom. The molecule has 2 N–H and O–H groups in total. The number of nitrogens with zero attached hydrogens (tertiary/aromatic N) is 1. The van der Waals surface area contributed by atoms with Crippen LogP contribution in [0.15, 0.2) is 48.7 Å². The van der Waals surface area contributed by atoms with Crippen LogP contribution < -0.4 is 20.1 Å². The zero-order valence-corrected chi connectivity index (χ0v) is 16.7. The van der Waals surface area contributed by atoms with Crippen LogP contribution in [0.1, 0.15) is 27.2 Å². The van der Waals surface area contributed by atoms with E-state index in [1.165, 1.54) is 5.56 Å². The molecular weight excluding hydrogens is 366 g/mol. The van der Waals surface area contributed by atoms with Gasteiger partial charge in [-0.25, -0.2) is 0 Å². The molecule has 0 fully saturated rings. The van der Waals surface area contributed by atoms with E-state index < -0.39 is 0 Å². The molecule has 1 aliphatic rings. The number of hydrogen-bond acceptors (Lipinski definition) is 5. The summed E-state index contributed by atoms with van der Waals surface area (Å²) in [6.45, 7) is 7.24. The van der Waals surface area contributed by atoms with Gasteiger partial charge in [-0.15, -0.1) is 0 Å². The second kappa shape index (κ2) is 7.83. The van der Waals surface area contributed by atoms with Crippen LogP contribution in [-0.2, 0) is 0 Å². The van der Waals surface area contributed by atoms with E-state index in [2.05, 4.69) is 48.5 Å². The minimum absolute atomic E-state index is 0.289. The molecule has 2 aromatic carbocycles. The number of fused-ring (bicyclic) bond motifs is 1. The summed E-state index contributed by atoms with van der Waals surface area (Å²) >= 11 is 0. The Morgan fingerprint density at radius 1 is 0.897 bits per heavy atom. The normalized spacial score (nSPS) is 12.4. The Labute approximate surface area is 169 Å². The Hall–Kier alpha value is -3.54. The van der Waals surface area contributed by atoms with Gasteiger partial charge < -0.3 is 20.1 Å². The van der Waals surface area contributed by atoms with Crippen molar-refractivity contribution in [3.05, 3.63) is 71.0 Å². The van der Waals surface area contributed by atoms with Crippen LogP contribution >= 0.6 is 0 Å². The summed E-state index contributed by atoms with van der Waals surface area (Å²) in [5.74, 6) is 1.02. The first-order valence-corrected chi connectivity index (χ1v) is 9.51. The third-order valence-corrected chi connectivity index (χ3v) is 4.74. The van der Waals surface area contributed by atoms with Crippen molar-refractivity contribution in [1.29, 1.82) is 0 Å². The van der Waals surface area contributed by atoms with Crippen LogP contribution in [0.5, 0.6) is 11.5 Å². The fourth-order valence-electron chi connectivity index (χ4n) is 3.47. The lowest BCUT2D eigenvalue weighted by atomic mass is 10.0. The zero-order valence-electron chi connectivity index (χ0n) is 16.7. The van der Waals surface area contributed by atoms with Crippen molar-refractivity contribution in [2.75, 3.05) is 23.8 Å². The highest BCUT2D eigenvalue weighted by Gasteiger charge is 2.14. The van der Waals surface area contributed by atoms with Crippen LogP contribution in [-0.4, -0.2) is 24.1 Å². The van der Waals surface area contributed by atoms with Crippen molar-refractivity contribution in [3.8, 4) is 11.5 Å². The number of aromatic nitrogens is 1. The number of aryl methyl sites for hydroxylation is 3. The second-order valence-electron chi connectivity index (χ2n) is 7.14. The van der Waals surface area contributed by atoms with Crippen LogP contribution in [0.3, 0.4) is 0 Å². The van der Waals surface area contributed by atoms with Gasteiger partial charge in [-0.1, -0.05) is 17.7 Å². The largest absolute Gasteiger partial charge is 0.486 e. The molecule has 6 heteroatoms. The maximum atomic E-state index is 12.7. The Morgan fingerprint density at radius 3 is 2.38 bits per heavy atom. The van der Waals surface area contributed by atoms with Gasteiger partial charge in [0.2, 0.25) is 0 Å². The highest BCUT2D eigenvalue weighted by atomic mass is 16.6. The number of anilines is 3. The fourth-order valence-corrected chi connectivity index (χ4v) is 3.47. The number of amides is 1. The molecule has 29 heavy (non-hydrogen) atoms. The van der Waals surface area contributed by atoms with Gasteiger partial charge >= 0.3 is 0 Å². The van der Waals surface area contributed by atoms with Gasteiger partial charge in [0.15, 0.2) is 11.5 Å². The number of rotatable bonds is 4. The van der Waals surface area contributed by atoms with Gasteiger partial charge in [-0.05, 0) is 56.2 Å². The van der Waals surface area contributed by atoms with E-state index in [1.54, 1.807) is 30.5 Å². The molecule has 0 unspecified atom stereocenters. The van der Waals surface area contributed by atoms with E-state index in [0.717, 1.165) is 22.5 Å². The standard InChI is InChI=1S/C23H23N3O3/c1-14-10-15(2)22(16(3)11-14)25-18-6-7-24-19(12-18)23(27)26-17-4-5-20-21(13-17)29-9-8-28-20/h4-7,10-13H,8-9H2,1-3H3,(H,24,25)(H,26,27). The average molecular weight is 389 g/mol. The third-order valence-electron chi connectivity index (χ3n) is 4.74. The van der Waals surface area contributed by atoms with Crippen LogP contribution in [0.25, 0.3) is 0 Å². The van der Waals surface area contributed by atoms with Crippen molar-refractivity contribution >= 4 is 23.0 Å². The number of ether oxygens (including phenoxy) is 2. The molecule has 0 spiro atoms. The van der Waals surface area contributed by atoms with Crippen molar-refractivity contribution in [2.24, 2.45) is 0 Å². The topological polar surface area (TPSA) is 72.5 Å². The number of pyridine rings is 1. The lowest BCUT2D eigenvalue weighted by Crippen LogP contribution is -2.17. The zero-order chi connectivity index (χ0) is 20.4. The molecule has 0 radical (unpaired) electrons. The summed E-state index contributed by atoms with van der Waals surface area (Å²) in [7, 11) is 0. The van der Waals surface area contributed by atoms with Crippen molar-refractivity contribution in [3.63, 3.8) is 0 Å². The molecule has 4 rings (SSSR count). The van der Waals surface area contributed by atoms with Crippen LogP contribution in [0.2, 0.25) is 0 Å². The number of benzene rings is 2. The van der Waals surface area contributed by atoms with Crippen LogP contribution in [0.4, 0.5) is 17.1 Å². The summed E-state index contributed by atoms with van der Waals surface area (Å²) < 4.78 is 11.1. The van der Waals surface area contributed by atoms with Crippen LogP contribution in [0, 0.1) is 20.8 Å². The van der Waals surface area contributed by atoms with Gasteiger partial charge in [-0.2, -0.15) is 0 Å². The van der Waals surface area contributed by atoms with E-state index in [9.17, 15) is 4.79 Å². The molecule has 1 amide bonds. The van der Waals surface area contributed by atoms with Gasteiger partial charge in [-0.3, -0.25) is 9.78 Å². The molecule has 6 nitrogen and oxygen atoms in total. The van der Waals surface area contributed by atoms with Gasteiger partial charge in [0.25, 0.3) is 5.91 Å². The molecule has 0 bridgehead atoms. The number of carbonyl (C=O) groups is 1. The third kappa shape index (κ3) is 4.16. The van der Waals surface area contributed by atoms with Gasteiger partial charge in [0.05, 0.1) is 0 Å². The minimum Gasteiger partial charge on any atom is -0.486 e. The first-order valence-electron chi connectivity index (χ1n) is 9.51. The Balaban J connectivity index is 1.52. The predicted molar refractivity (Wildman–Crippen MR) is 114 cm³/mol. The lowest BCUT2D eigenvalue weighted by molar-refractivity contribution is 0.102. The van der Waals surface area contributed by atoms with E-state index in [0.29, 0.717) is 36.1 Å². The maximum Gasteiger partial charge on any atom is 0.274 e. The predicted octanol–water partition coefficient (Wildman–Crippen LogP) is 4.77. The quantitative estimate of drug-likeness (QED) is 0.672. The molecule has 0 saturated heterocycles. The molecule has 0 aliphatic carbocycles. The first-order chi connectivity index (χ1) is 14.0. The smallest absolute Gasteiger partial charge is 0.274 e. The molecule has 1 aliphatic heterocycles. The van der Waals surface area contributed by atoms with E-state index >= 15 is 0 Å². The number of carbonyl (C=O) groups excluding carboxylic acids is 1. The molecule has 148 valence electrons. The maximum absolute atomic E-state index is 12.7. The summed E-state index contributed by atoms with van der Waals surface area (Å²) in [6.07, 6.45) is 1.62. The van der Waals surface area contributed by atoms with E-state index in [1.807, 2.05) is 6.07 Å². The van der Waals surface area contributed by atoms with Crippen molar-refractivity contribution in [1.82, 2.24) is 4.98 Å². The molecule has 0 atom stereocenters. The summed E-state index contributed by atoms with van der Waals surface area (Å²) in [5.41, 5.74) is 6.34. The average Bonchev–Trinajstić information content (AvgIpc) is 2.71. The second-order valence-corrected chi connectivity index (χ2v) is 7.14. The molecule has 1 aromatic heterocycles. The highest BCUT2D eigenvalue weighted by molar-refractivity contribution is 6.03. The first kappa shape index (κ1) is 18.8.